The first-order valence-corrected chi connectivity index (χ1v) is 32.0. The number of aliphatic hydroxyl groups is 18. The largest absolute Gasteiger partial charge is 0.394 e. The summed E-state index contributed by atoms with van der Waals surface area (Å²) in [4.78, 5) is 0. The van der Waals surface area contributed by atoms with E-state index in [0.717, 1.165) is 18.4 Å². The first kappa shape index (κ1) is 71.9. The topological polar surface area (TPSA) is 456 Å². The van der Waals surface area contributed by atoms with Crippen LogP contribution >= 0.6 is 0 Å². The zero-order valence-corrected chi connectivity index (χ0v) is 52.4. The van der Waals surface area contributed by atoms with Crippen molar-refractivity contribution in [2.75, 3.05) is 26.4 Å². The third kappa shape index (κ3) is 13.0. The molecule has 0 aromatic heterocycles. The Morgan fingerprint density at radius 1 is 0.539 bits per heavy atom. The molecule has 18 N–H and O–H groups in total. The normalized spacial score (nSPS) is 51.8. The number of hydrogen-bond acceptors (Lipinski definition) is 28. The maximum atomic E-state index is 12.8. The Bertz CT molecular complexity index is 2340. The second-order valence-corrected chi connectivity index (χ2v) is 28.9. The molecule has 3 unspecified atom stereocenters. The van der Waals surface area contributed by atoms with Crippen LogP contribution in [0, 0.1) is 45.3 Å². The summed E-state index contributed by atoms with van der Waals surface area (Å²) in [5.41, 5.74) is -2.41. The quantitative estimate of drug-likeness (QED) is 0.0517. The van der Waals surface area contributed by atoms with Crippen LogP contribution < -0.4 is 0 Å². The molecule has 0 aromatic rings. The highest BCUT2D eigenvalue weighted by Gasteiger charge is 2.71. The highest BCUT2D eigenvalue weighted by Crippen LogP contribution is 2.75. The van der Waals surface area contributed by atoms with Crippen molar-refractivity contribution in [3.63, 3.8) is 0 Å². The molecule has 9 rings (SSSR count). The Labute approximate surface area is 518 Å². The van der Waals surface area contributed by atoms with E-state index < -0.39 is 215 Å². The summed E-state index contributed by atoms with van der Waals surface area (Å²) in [6.45, 7) is 15.0. The van der Waals surface area contributed by atoms with E-state index in [1.54, 1.807) is 6.92 Å². The number of fused-ring (bicyclic) bond motifs is 5. The third-order valence-corrected chi connectivity index (χ3v) is 23.1. The standard InChI is InChI=1S/C61H104O28/c1-10-28-37(66)41(70)46(75)52(81-28)80-23-32-40(69)44(73)51(89-55-48(77)43(72)39(68)30(21-63)83-55)56(85-32)87-36(58(5,6)79)15-11-24(2)25-17-18-59(7)33-14-12-26-27(61(33,9)34(65)19-60(25,59)8)13-16-35(57(26,3)4)86-53-49(78)45(74)50(31(22-64)84-53)88-54-47(76)42(71)38(67)29(20-62)82-54/h12,24-25,27-56,62-79H,10-11,13-23H2,1-9H3/t24-,25?,27?,28-,29-,30-,31-,32-,33?,34-,35+,36-,37-,38-,39-,40-,41+,42+,43+,44+,45-,46-,47-,48-,49-,50-,51-,52+,53+,54-,55+,56+,59+,60-,61+/m1/s1. The molecule has 89 heavy (non-hydrogen) atoms. The van der Waals surface area contributed by atoms with Gasteiger partial charge in [-0.2, -0.15) is 0 Å². The van der Waals surface area contributed by atoms with Gasteiger partial charge in [-0.15, -0.1) is 0 Å². The molecule has 5 heterocycles. The second-order valence-electron chi connectivity index (χ2n) is 28.9. The Morgan fingerprint density at radius 2 is 1.02 bits per heavy atom. The number of ether oxygens (including phenoxy) is 10. The van der Waals surface area contributed by atoms with Gasteiger partial charge in [0.2, 0.25) is 0 Å². The van der Waals surface area contributed by atoms with Crippen molar-refractivity contribution in [1.29, 1.82) is 0 Å². The van der Waals surface area contributed by atoms with E-state index in [9.17, 15) is 91.9 Å². The minimum Gasteiger partial charge on any atom is -0.394 e. The van der Waals surface area contributed by atoms with Gasteiger partial charge in [-0.1, -0.05) is 60.1 Å². The van der Waals surface area contributed by atoms with E-state index in [1.165, 1.54) is 13.8 Å². The lowest BCUT2D eigenvalue weighted by molar-refractivity contribution is -0.380. The molecule has 28 nitrogen and oxygen atoms in total. The van der Waals surface area contributed by atoms with E-state index in [0.29, 0.717) is 32.1 Å². The average molecular weight is 1290 g/mol. The first-order chi connectivity index (χ1) is 41.7. The fourth-order valence-corrected chi connectivity index (χ4v) is 17.3. The summed E-state index contributed by atoms with van der Waals surface area (Å²) in [5.74, 6) is 0.0363. The predicted octanol–water partition coefficient (Wildman–Crippen LogP) is -3.99. The Kier molecular flexibility index (Phi) is 22.3. The van der Waals surface area contributed by atoms with Crippen molar-refractivity contribution in [3.05, 3.63) is 11.6 Å². The van der Waals surface area contributed by atoms with Crippen LogP contribution in [0.4, 0.5) is 0 Å². The molecule has 0 aromatic carbocycles. The van der Waals surface area contributed by atoms with Gasteiger partial charge < -0.3 is 139 Å². The maximum absolute atomic E-state index is 12.8. The van der Waals surface area contributed by atoms with Gasteiger partial charge in [0.15, 0.2) is 31.5 Å². The van der Waals surface area contributed by atoms with Crippen molar-refractivity contribution < 1.29 is 139 Å². The van der Waals surface area contributed by atoms with E-state index in [2.05, 4.69) is 33.8 Å². The van der Waals surface area contributed by atoms with E-state index in [4.69, 9.17) is 47.4 Å². The van der Waals surface area contributed by atoms with Gasteiger partial charge in [-0.3, -0.25) is 0 Å². The zero-order chi connectivity index (χ0) is 65.5. The van der Waals surface area contributed by atoms with Crippen molar-refractivity contribution in [1.82, 2.24) is 0 Å². The summed E-state index contributed by atoms with van der Waals surface area (Å²) >= 11 is 0. The van der Waals surface area contributed by atoms with Gasteiger partial charge in [-0.05, 0) is 106 Å². The fourth-order valence-electron chi connectivity index (χ4n) is 17.3. The van der Waals surface area contributed by atoms with Crippen LogP contribution in [0.2, 0.25) is 0 Å². The smallest absolute Gasteiger partial charge is 0.187 e. The maximum Gasteiger partial charge on any atom is 0.187 e. The van der Waals surface area contributed by atoms with Gasteiger partial charge in [0.25, 0.3) is 0 Å². The summed E-state index contributed by atoms with van der Waals surface area (Å²) in [6, 6.07) is 0. The molecule has 5 saturated heterocycles. The monoisotopic (exact) mass is 1280 g/mol. The van der Waals surface area contributed by atoms with Crippen molar-refractivity contribution in [2.24, 2.45) is 45.3 Å². The van der Waals surface area contributed by atoms with Gasteiger partial charge >= 0.3 is 0 Å². The van der Waals surface area contributed by atoms with Crippen LogP contribution in [0.1, 0.15) is 120 Å². The second kappa shape index (κ2) is 27.6. The summed E-state index contributed by atoms with van der Waals surface area (Å²) in [5, 5.41) is 196. The third-order valence-electron chi connectivity index (χ3n) is 23.1. The Morgan fingerprint density at radius 3 is 1.58 bits per heavy atom. The summed E-state index contributed by atoms with van der Waals surface area (Å²) in [6.07, 6.45) is -35.8. The summed E-state index contributed by atoms with van der Waals surface area (Å²) < 4.78 is 60.0. The molecule has 4 aliphatic carbocycles. The minimum absolute atomic E-state index is 0.0198. The van der Waals surface area contributed by atoms with Crippen molar-refractivity contribution >= 4 is 0 Å². The molecule has 0 amide bonds. The lowest BCUT2D eigenvalue weighted by Gasteiger charge is -2.67. The Balaban J connectivity index is 0.884. The fraction of sp³-hybridized carbons (Fsp3) is 0.967. The highest BCUT2D eigenvalue weighted by atomic mass is 16.8. The average Bonchev–Trinajstić information content (AvgIpc) is 1.66. The predicted molar refractivity (Wildman–Crippen MR) is 303 cm³/mol. The lowest BCUT2D eigenvalue weighted by Crippen LogP contribution is -2.66. The van der Waals surface area contributed by atoms with Crippen molar-refractivity contribution in [2.45, 2.75) is 298 Å². The molecule has 8 fully saturated rings. The summed E-state index contributed by atoms with van der Waals surface area (Å²) in [7, 11) is 0. The molecular weight excluding hydrogens is 1180 g/mol. The van der Waals surface area contributed by atoms with Crippen LogP contribution in [0.3, 0.4) is 0 Å². The molecule has 0 spiro atoms. The molecule has 3 saturated carbocycles. The molecule has 28 heteroatoms. The first-order valence-electron chi connectivity index (χ1n) is 32.0. The Hall–Kier alpha value is -1.38. The van der Waals surface area contributed by atoms with Gasteiger partial charge in [0, 0.05) is 10.8 Å². The SMILES string of the molecule is CC[C@H]1O[C@H](OC[C@H]2O[C@@H](O[C@H](CC[C@@H](C)C3CC[C@@]4(C)C5CC=C6C(CC[C@H](O[C@@H]7O[C@H](CO)[C@@H](O[C@H]8O[C@H](CO)[C@@H](O)[C@H](O)[C@H]8O)[C@H](O)[C@H]7O)C6(C)C)[C@]5(C)[C@H](O)C[C@]34C)C(C)(C)O)[C@H](O[C@@H]3O[C@H](CO)[C@@H](O)[C@H](O)[C@H]3O)[C@@H](O)[C@@H]2O)[C@H](O)[C@@H](O)[C@@H]1O. The van der Waals surface area contributed by atoms with E-state index in [-0.39, 0.29) is 47.3 Å². The van der Waals surface area contributed by atoms with Crippen LogP contribution in [0.15, 0.2) is 11.6 Å². The zero-order valence-electron chi connectivity index (χ0n) is 52.4. The van der Waals surface area contributed by atoms with Gasteiger partial charge in [0.05, 0.1) is 56.4 Å². The molecule has 9 aliphatic rings. The number of allylic oxidation sites excluding steroid dienone is 1. The minimum atomic E-state index is -1.93. The highest BCUT2D eigenvalue weighted by molar-refractivity contribution is 5.32. The molecule has 0 bridgehead atoms. The molecule has 35 atom stereocenters. The van der Waals surface area contributed by atoms with Gasteiger partial charge in [0.1, 0.15) is 116 Å². The van der Waals surface area contributed by atoms with E-state index in [1.807, 2.05) is 13.8 Å². The van der Waals surface area contributed by atoms with Crippen LogP contribution in [-0.4, -0.2) is 296 Å². The van der Waals surface area contributed by atoms with Crippen LogP contribution in [0.25, 0.3) is 0 Å². The molecule has 0 radical (unpaired) electrons. The molecule has 5 aliphatic heterocycles. The number of aliphatic hydroxyl groups excluding tert-OH is 17. The van der Waals surface area contributed by atoms with E-state index >= 15 is 0 Å². The lowest BCUT2D eigenvalue weighted by atomic mass is 9.38. The van der Waals surface area contributed by atoms with Crippen LogP contribution in [-0.2, 0) is 47.4 Å². The van der Waals surface area contributed by atoms with Gasteiger partial charge in [-0.25, -0.2) is 0 Å². The number of rotatable bonds is 20. The molecule has 516 valence electrons. The number of hydrogen-bond donors (Lipinski definition) is 18. The molecular formula is C61H104O28. The van der Waals surface area contributed by atoms with Crippen molar-refractivity contribution in [3.8, 4) is 0 Å². The van der Waals surface area contributed by atoms with Crippen LogP contribution in [0.5, 0.6) is 0 Å².